The molecule has 1 aromatic heterocycles. The highest BCUT2D eigenvalue weighted by atomic mass is 16.2. The smallest absolute Gasteiger partial charge is 0.222 e. The lowest BCUT2D eigenvalue weighted by molar-refractivity contribution is -0.133. The van der Waals surface area contributed by atoms with Gasteiger partial charge in [0.25, 0.3) is 0 Å². The molecule has 2 fully saturated rings. The quantitative estimate of drug-likeness (QED) is 0.836. The number of aromatic amines is 1. The van der Waals surface area contributed by atoms with Gasteiger partial charge in [-0.15, -0.1) is 0 Å². The standard InChI is InChI=1S/C16H28N6O/c1-14(21-6-2-3-7-21)4-5-16(23)22-10-8-20(9-11-22)12-15-17-13-18-19-15/h13-14H,2-12H2,1H3,(H,17,18,19). The van der Waals surface area contributed by atoms with Gasteiger partial charge in [0.1, 0.15) is 12.2 Å². The summed E-state index contributed by atoms with van der Waals surface area (Å²) in [5.41, 5.74) is 0. The zero-order valence-electron chi connectivity index (χ0n) is 14.1. The number of carbonyl (C=O) groups excluding carboxylic acids is 1. The van der Waals surface area contributed by atoms with Crippen LogP contribution in [0.2, 0.25) is 0 Å². The Hall–Kier alpha value is -1.47. The van der Waals surface area contributed by atoms with Gasteiger partial charge in [0.2, 0.25) is 5.91 Å². The van der Waals surface area contributed by atoms with Crippen LogP contribution in [-0.4, -0.2) is 81.1 Å². The first-order valence-electron chi connectivity index (χ1n) is 8.81. The van der Waals surface area contributed by atoms with E-state index in [9.17, 15) is 4.79 Å². The lowest BCUT2D eigenvalue weighted by Crippen LogP contribution is -2.48. The number of rotatable bonds is 6. The first-order chi connectivity index (χ1) is 11.2. The second kappa shape index (κ2) is 7.88. The van der Waals surface area contributed by atoms with Gasteiger partial charge >= 0.3 is 0 Å². The summed E-state index contributed by atoms with van der Waals surface area (Å²) in [6, 6.07) is 0.536. The van der Waals surface area contributed by atoms with E-state index in [4.69, 9.17) is 0 Å². The summed E-state index contributed by atoms with van der Waals surface area (Å²) in [6.45, 7) is 8.92. The maximum absolute atomic E-state index is 12.4. The molecule has 1 aromatic rings. The molecule has 7 nitrogen and oxygen atoms in total. The molecule has 23 heavy (non-hydrogen) atoms. The van der Waals surface area contributed by atoms with Crippen molar-refractivity contribution in [3.8, 4) is 0 Å². The van der Waals surface area contributed by atoms with Crippen LogP contribution in [0.15, 0.2) is 6.33 Å². The van der Waals surface area contributed by atoms with Gasteiger partial charge in [-0.25, -0.2) is 4.98 Å². The maximum Gasteiger partial charge on any atom is 0.222 e. The van der Waals surface area contributed by atoms with Crippen molar-refractivity contribution in [1.82, 2.24) is 29.9 Å². The fraction of sp³-hybridized carbons (Fsp3) is 0.812. The molecular weight excluding hydrogens is 292 g/mol. The number of nitrogens with zero attached hydrogens (tertiary/aromatic N) is 5. The van der Waals surface area contributed by atoms with E-state index in [2.05, 4.69) is 31.9 Å². The van der Waals surface area contributed by atoms with E-state index in [1.807, 2.05) is 4.90 Å². The Morgan fingerprint density at radius 3 is 2.61 bits per heavy atom. The lowest BCUT2D eigenvalue weighted by atomic mass is 10.1. The molecule has 0 spiro atoms. The summed E-state index contributed by atoms with van der Waals surface area (Å²) >= 11 is 0. The van der Waals surface area contributed by atoms with E-state index in [-0.39, 0.29) is 0 Å². The number of nitrogens with one attached hydrogen (secondary N) is 1. The predicted molar refractivity (Wildman–Crippen MR) is 87.7 cm³/mol. The molecular formula is C16H28N6O. The average molecular weight is 320 g/mol. The third-order valence-corrected chi connectivity index (χ3v) is 5.10. The van der Waals surface area contributed by atoms with Gasteiger partial charge in [0.05, 0.1) is 6.54 Å². The Morgan fingerprint density at radius 2 is 1.96 bits per heavy atom. The molecule has 0 saturated carbocycles. The minimum absolute atomic E-state index is 0.315. The van der Waals surface area contributed by atoms with Gasteiger partial charge in [0.15, 0.2) is 0 Å². The van der Waals surface area contributed by atoms with Crippen LogP contribution in [0, 0.1) is 0 Å². The zero-order chi connectivity index (χ0) is 16.1. The summed E-state index contributed by atoms with van der Waals surface area (Å²) in [7, 11) is 0. The number of piperazine rings is 1. The van der Waals surface area contributed by atoms with Crippen LogP contribution in [-0.2, 0) is 11.3 Å². The summed E-state index contributed by atoms with van der Waals surface area (Å²) < 4.78 is 0. The largest absolute Gasteiger partial charge is 0.340 e. The van der Waals surface area contributed by atoms with Crippen molar-refractivity contribution in [3.05, 3.63) is 12.2 Å². The molecule has 2 saturated heterocycles. The number of likely N-dealkylation sites (tertiary alicyclic amines) is 1. The van der Waals surface area contributed by atoms with Crippen molar-refractivity contribution in [3.63, 3.8) is 0 Å². The Kier molecular flexibility index (Phi) is 5.61. The van der Waals surface area contributed by atoms with Crippen LogP contribution in [0.5, 0.6) is 0 Å². The van der Waals surface area contributed by atoms with Crippen molar-refractivity contribution in [1.29, 1.82) is 0 Å². The highest BCUT2D eigenvalue weighted by molar-refractivity contribution is 5.76. The highest BCUT2D eigenvalue weighted by Crippen LogP contribution is 2.16. The van der Waals surface area contributed by atoms with Crippen LogP contribution in [0.25, 0.3) is 0 Å². The Morgan fingerprint density at radius 1 is 1.22 bits per heavy atom. The Bertz CT molecular complexity index is 477. The van der Waals surface area contributed by atoms with E-state index in [1.165, 1.54) is 32.3 Å². The highest BCUT2D eigenvalue weighted by Gasteiger charge is 2.23. The van der Waals surface area contributed by atoms with Gasteiger partial charge < -0.3 is 9.80 Å². The molecule has 128 valence electrons. The monoisotopic (exact) mass is 320 g/mol. The third-order valence-electron chi connectivity index (χ3n) is 5.10. The van der Waals surface area contributed by atoms with Gasteiger partial charge in [-0.1, -0.05) is 0 Å². The van der Waals surface area contributed by atoms with E-state index >= 15 is 0 Å². The van der Waals surface area contributed by atoms with Gasteiger partial charge in [0, 0.05) is 38.6 Å². The normalized spacial score (nSPS) is 21.7. The molecule has 0 aromatic carbocycles. The van der Waals surface area contributed by atoms with E-state index in [0.29, 0.717) is 18.4 Å². The fourth-order valence-electron chi connectivity index (χ4n) is 3.53. The molecule has 2 aliphatic heterocycles. The number of aromatic nitrogens is 3. The first kappa shape index (κ1) is 16.4. The molecule has 3 rings (SSSR count). The summed E-state index contributed by atoms with van der Waals surface area (Å²) in [6.07, 6.45) is 5.82. The maximum atomic E-state index is 12.4. The molecule has 0 bridgehead atoms. The topological polar surface area (TPSA) is 68.4 Å². The van der Waals surface area contributed by atoms with E-state index in [0.717, 1.165) is 45.0 Å². The van der Waals surface area contributed by atoms with Crippen LogP contribution in [0.1, 0.15) is 38.4 Å². The van der Waals surface area contributed by atoms with Crippen LogP contribution in [0.3, 0.4) is 0 Å². The molecule has 3 heterocycles. The number of hydrogen-bond donors (Lipinski definition) is 1. The van der Waals surface area contributed by atoms with Crippen molar-refractivity contribution < 1.29 is 4.79 Å². The van der Waals surface area contributed by atoms with Crippen molar-refractivity contribution in [2.24, 2.45) is 0 Å². The first-order valence-corrected chi connectivity index (χ1v) is 8.81. The number of H-pyrrole nitrogens is 1. The zero-order valence-corrected chi connectivity index (χ0v) is 14.1. The van der Waals surface area contributed by atoms with Crippen LogP contribution >= 0.6 is 0 Å². The lowest BCUT2D eigenvalue weighted by Gasteiger charge is -2.34. The molecule has 2 aliphatic rings. The number of hydrogen-bond acceptors (Lipinski definition) is 5. The van der Waals surface area contributed by atoms with Crippen LogP contribution in [0.4, 0.5) is 0 Å². The fourth-order valence-corrected chi connectivity index (χ4v) is 3.53. The second-order valence-corrected chi connectivity index (χ2v) is 6.72. The Balaban J connectivity index is 1.36. The van der Waals surface area contributed by atoms with Gasteiger partial charge in [-0.2, -0.15) is 5.10 Å². The van der Waals surface area contributed by atoms with Crippen molar-refractivity contribution in [2.75, 3.05) is 39.3 Å². The SMILES string of the molecule is CC(CCC(=O)N1CCN(Cc2ncn[nH]2)CC1)N1CCCC1. The molecule has 0 radical (unpaired) electrons. The summed E-state index contributed by atoms with van der Waals surface area (Å²) in [4.78, 5) is 23.4. The van der Waals surface area contributed by atoms with Crippen LogP contribution < -0.4 is 0 Å². The molecule has 7 heteroatoms. The molecule has 1 unspecified atom stereocenters. The van der Waals surface area contributed by atoms with Gasteiger partial charge in [-0.05, 0) is 39.3 Å². The Labute approximate surface area is 138 Å². The van der Waals surface area contributed by atoms with E-state index in [1.54, 1.807) is 0 Å². The molecule has 0 aliphatic carbocycles. The van der Waals surface area contributed by atoms with E-state index < -0.39 is 0 Å². The summed E-state index contributed by atoms with van der Waals surface area (Å²) in [5.74, 6) is 1.21. The molecule has 1 N–H and O–H groups in total. The predicted octanol–water partition coefficient (Wildman–Crippen LogP) is 0.713. The summed E-state index contributed by atoms with van der Waals surface area (Å²) in [5, 5.41) is 6.76. The minimum atomic E-state index is 0.315. The number of amides is 1. The average Bonchev–Trinajstić information content (AvgIpc) is 3.26. The molecule has 1 amide bonds. The molecule has 1 atom stereocenters. The third kappa shape index (κ3) is 4.51. The van der Waals surface area contributed by atoms with Gasteiger partial charge in [-0.3, -0.25) is 14.8 Å². The minimum Gasteiger partial charge on any atom is -0.340 e. The second-order valence-electron chi connectivity index (χ2n) is 6.72. The number of carbonyl (C=O) groups is 1. The van der Waals surface area contributed by atoms with Crippen molar-refractivity contribution >= 4 is 5.91 Å². The van der Waals surface area contributed by atoms with Crippen molar-refractivity contribution in [2.45, 2.75) is 45.2 Å².